The Hall–Kier alpha value is -3.00. The van der Waals surface area contributed by atoms with Gasteiger partial charge in [0.25, 0.3) is 0 Å². The Bertz CT molecular complexity index is 920. The quantitative estimate of drug-likeness (QED) is 0.814. The molecule has 31 heavy (non-hydrogen) atoms. The molecule has 164 valence electrons. The van der Waals surface area contributed by atoms with Crippen molar-refractivity contribution in [2.75, 3.05) is 44.7 Å². The number of nitrogens with zero attached hydrogens (tertiary/aromatic N) is 2. The van der Waals surface area contributed by atoms with Crippen LogP contribution in [0.3, 0.4) is 0 Å². The predicted molar refractivity (Wildman–Crippen MR) is 112 cm³/mol. The third kappa shape index (κ3) is 4.54. The number of anilines is 1. The Morgan fingerprint density at radius 3 is 1.90 bits per heavy atom. The van der Waals surface area contributed by atoms with Gasteiger partial charge in [0.2, 0.25) is 5.91 Å². The second kappa shape index (κ2) is 9.01. The van der Waals surface area contributed by atoms with Crippen LogP contribution in [0.25, 0.3) is 0 Å². The van der Waals surface area contributed by atoms with Gasteiger partial charge in [-0.1, -0.05) is 12.1 Å². The van der Waals surface area contributed by atoms with E-state index in [0.29, 0.717) is 57.9 Å². The number of urea groups is 1. The summed E-state index contributed by atoms with van der Waals surface area (Å²) in [5.74, 6) is -0.700. The van der Waals surface area contributed by atoms with Crippen molar-refractivity contribution in [2.45, 2.75) is 18.3 Å². The zero-order valence-electron chi connectivity index (χ0n) is 17.2. The van der Waals surface area contributed by atoms with Crippen molar-refractivity contribution in [1.82, 2.24) is 9.80 Å². The van der Waals surface area contributed by atoms with Crippen LogP contribution < -0.4 is 5.32 Å². The molecule has 0 aromatic heterocycles. The standard InChI is InChI=1S/C23H25F2N3O3/c24-18-3-1-17(2-4-18)23(9-15-31-16-10-23)21(29)27-11-13-28(14-12-27)22(30)26-20-7-5-19(25)6-8-20/h1-8H,9-16H2,(H,26,30). The van der Waals surface area contributed by atoms with Gasteiger partial charge in [-0.05, 0) is 54.8 Å². The maximum absolute atomic E-state index is 13.6. The Morgan fingerprint density at radius 1 is 0.806 bits per heavy atom. The monoisotopic (exact) mass is 429 g/mol. The van der Waals surface area contributed by atoms with Crippen LogP contribution in [-0.4, -0.2) is 61.1 Å². The molecule has 2 aliphatic heterocycles. The first-order chi connectivity index (χ1) is 15.0. The molecule has 2 aromatic carbocycles. The molecule has 8 heteroatoms. The first kappa shape index (κ1) is 21.2. The third-order valence-corrected chi connectivity index (χ3v) is 6.10. The molecule has 2 aliphatic rings. The number of ether oxygens (including phenoxy) is 1. The van der Waals surface area contributed by atoms with Crippen molar-refractivity contribution in [2.24, 2.45) is 0 Å². The number of halogens is 2. The number of amides is 3. The number of hydrogen-bond donors (Lipinski definition) is 1. The lowest BCUT2D eigenvalue weighted by atomic mass is 9.73. The van der Waals surface area contributed by atoms with E-state index in [2.05, 4.69) is 5.32 Å². The van der Waals surface area contributed by atoms with Crippen molar-refractivity contribution < 1.29 is 23.1 Å². The first-order valence-electron chi connectivity index (χ1n) is 10.4. The summed E-state index contributed by atoms with van der Waals surface area (Å²) in [6.45, 7) is 2.58. The van der Waals surface area contributed by atoms with E-state index in [1.54, 1.807) is 21.9 Å². The molecule has 4 rings (SSSR count). The number of carbonyl (C=O) groups is 2. The lowest BCUT2D eigenvalue weighted by Crippen LogP contribution is -2.57. The maximum atomic E-state index is 13.6. The summed E-state index contributed by atoms with van der Waals surface area (Å²) < 4.78 is 32.0. The van der Waals surface area contributed by atoms with Gasteiger partial charge in [-0.25, -0.2) is 13.6 Å². The topological polar surface area (TPSA) is 61.9 Å². The van der Waals surface area contributed by atoms with E-state index in [9.17, 15) is 18.4 Å². The van der Waals surface area contributed by atoms with Crippen LogP contribution in [0.1, 0.15) is 18.4 Å². The highest BCUT2D eigenvalue weighted by molar-refractivity contribution is 5.90. The maximum Gasteiger partial charge on any atom is 0.321 e. The molecular formula is C23H25F2N3O3. The molecular weight excluding hydrogens is 404 g/mol. The minimum absolute atomic E-state index is 0.000927. The van der Waals surface area contributed by atoms with Gasteiger partial charge in [0.05, 0.1) is 5.41 Å². The van der Waals surface area contributed by atoms with E-state index in [4.69, 9.17) is 4.74 Å². The molecule has 2 aromatic rings. The van der Waals surface area contributed by atoms with Gasteiger partial charge in [-0.2, -0.15) is 0 Å². The van der Waals surface area contributed by atoms with Gasteiger partial charge < -0.3 is 19.9 Å². The summed E-state index contributed by atoms with van der Waals surface area (Å²) >= 11 is 0. The number of hydrogen-bond acceptors (Lipinski definition) is 3. The van der Waals surface area contributed by atoms with Gasteiger partial charge in [0, 0.05) is 45.1 Å². The average molecular weight is 429 g/mol. The largest absolute Gasteiger partial charge is 0.381 e. The van der Waals surface area contributed by atoms with Gasteiger partial charge in [-0.15, -0.1) is 0 Å². The number of nitrogens with one attached hydrogen (secondary N) is 1. The summed E-state index contributed by atoms with van der Waals surface area (Å²) in [5, 5.41) is 2.75. The minimum Gasteiger partial charge on any atom is -0.381 e. The summed E-state index contributed by atoms with van der Waals surface area (Å²) in [7, 11) is 0. The number of rotatable bonds is 3. The molecule has 0 bridgehead atoms. The zero-order valence-corrected chi connectivity index (χ0v) is 17.2. The Morgan fingerprint density at radius 2 is 1.32 bits per heavy atom. The van der Waals surface area contributed by atoms with Crippen LogP contribution in [-0.2, 0) is 14.9 Å². The second-order valence-corrected chi connectivity index (χ2v) is 7.92. The van der Waals surface area contributed by atoms with Crippen molar-refractivity contribution in [3.63, 3.8) is 0 Å². The Balaban J connectivity index is 1.42. The molecule has 6 nitrogen and oxygen atoms in total. The molecule has 2 fully saturated rings. The Kier molecular flexibility index (Phi) is 6.18. The molecule has 0 saturated carbocycles. The van der Waals surface area contributed by atoms with E-state index in [1.165, 1.54) is 36.4 Å². The molecule has 0 unspecified atom stereocenters. The summed E-state index contributed by atoms with van der Waals surface area (Å²) in [5.41, 5.74) is 0.589. The molecule has 0 spiro atoms. The van der Waals surface area contributed by atoms with Gasteiger partial charge in [0.15, 0.2) is 0 Å². The lowest BCUT2D eigenvalue weighted by molar-refractivity contribution is -0.142. The summed E-state index contributed by atoms with van der Waals surface area (Å²) in [4.78, 5) is 29.5. The predicted octanol–water partition coefficient (Wildman–Crippen LogP) is 3.39. The van der Waals surface area contributed by atoms with Crippen molar-refractivity contribution in [3.8, 4) is 0 Å². The van der Waals surface area contributed by atoms with Crippen LogP contribution in [0.15, 0.2) is 48.5 Å². The van der Waals surface area contributed by atoms with Crippen LogP contribution in [0.2, 0.25) is 0 Å². The zero-order chi connectivity index (χ0) is 21.8. The molecule has 3 amide bonds. The van der Waals surface area contributed by atoms with E-state index >= 15 is 0 Å². The van der Waals surface area contributed by atoms with E-state index in [-0.39, 0.29) is 23.6 Å². The fraction of sp³-hybridized carbons (Fsp3) is 0.391. The van der Waals surface area contributed by atoms with E-state index in [0.717, 1.165) is 5.56 Å². The summed E-state index contributed by atoms with van der Waals surface area (Å²) in [6.07, 6.45) is 1.09. The first-order valence-corrected chi connectivity index (χ1v) is 10.4. The molecule has 1 N–H and O–H groups in total. The molecule has 0 radical (unpaired) electrons. The highest BCUT2D eigenvalue weighted by atomic mass is 19.1. The molecule has 0 atom stereocenters. The fourth-order valence-corrected chi connectivity index (χ4v) is 4.27. The smallest absolute Gasteiger partial charge is 0.321 e. The summed E-state index contributed by atoms with van der Waals surface area (Å²) in [6, 6.07) is 11.4. The fourth-order valence-electron chi connectivity index (χ4n) is 4.27. The normalized spacial score (nSPS) is 18.5. The van der Waals surface area contributed by atoms with Gasteiger partial charge in [0.1, 0.15) is 11.6 Å². The van der Waals surface area contributed by atoms with E-state index < -0.39 is 5.41 Å². The minimum atomic E-state index is -0.732. The van der Waals surface area contributed by atoms with Crippen LogP contribution in [0.5, 0.6) is 0 Å². The van der Waals surface area contributed by atoms with Crippen LogP contribution in [0.4, 0.5) is 19.3 Å². The molecule has 0 aliphatic carbocycles. The van der Waals surface area contributed by atoms with Crippen LogP contribution in [0, 0.1) is 11.6 Å². The van der Waals surface area contributed by atoms with Crippen LogP contribution >= 0.6 is 0 Å². The van der Waals surface area contributed by atoms with E-state index in [1.807, 2.05) is 0 Å². The number of piperazine rings is 1. The number of carbonyl (C=O) groups excluding carboxylic acids is 2. The number of benzene rings is 2. The van der Waals surface area contributed by atoms with Crippen molar-refractivity contribution >= 4 is 17.6 Å². The highest BCUT2D eigenvalue weighted by Crippen LogP contribution is 2.37. The second-order valence-electron chi connectivity index (χ2n) is 7.92. The van der Waals surface area contributed by atoms with Gasteiger partial charge in [-0.3, -0.25) is 4.79 Å². The SMILES string of the molecule is O=C(Nc1ccc(F)cc1)N1CCN(C(=O)C2(c3ccc(F)cc3)CCOCC2)CC1. The lowest BCUT2D eigenvalue weighted by Gasteiger charge is -2.43. The average Bonchev–Trinajstić information content (AvgIpc) is 2.81. The highest BCUT2D eigenvalue weighted by Gasteiger charge is 2.44. The molecule has 2 saturated heterocycles. The van der Waals surface area contributed by atoms with Crippen molar-refractivity contribution in [1.29, 1.82) is 0 Å². The van der Waals surface area contributed by atoms with Crippen molar-refractivity contribution in [3.05, 3.63) is 65.7 Å². The van der Waals surface area contributed by atoms with Gasteiger partial charge >= 0.3 is 6.03 Å². The third-order valence-electron chi connectivity index (χ3n) is 6.10. The molecule has 2 heterocycles. The Labute approximate surface area is 179 Å².